The lowest BCUT2D eigenvalue weighted by Crippen LogP contribution is -2.02. The lowest BCUT2D eigenvalue weighted by Gasteiger charge is -2.09. The van der Waals surface area contributed by atoms with E-state index in [-0.39, 0.29) is 5.56 Å². The summed E-state index contributed by atoms with van der Waals surface area (Å²) >= 11 is 6.04. The van der Waals surface area contributed by atoms with E-state index in [4.69, 9.17) is 26.2 Å². The van der Waals surface area contributed by atoms with Crippen LogP contribution in [0.25, 0.3) is 0 Å². The van der Waals surface area contributed by atoms with E-state index >= 15 is 0 Å². The van der Waals surface area contributed by atoms with Gasteiger partial charge in [0.05, 0.1) is 20.3 Å². The predicted octanol–water partition coefficient (Wildman–Crippen LogP) is 3.76. The lowest BCUT2D eigenvalue weighted by molar-refractivity contribution is 0.0693. The van der Waals surface area contributed by atoms with E-state index in [1.54, 1.807) is 12.1 Å². The van der Waals surface area contributed by atoms with Crippen molar-refractivity contribution in [3.63, 3.8) is 0 Å². The molecule has 21 heavy (non-hydrogen) atoms. The van der Waals surface area contributed by atoms with Crippen LogP contribution in [0, 0.1) is 0 Å². The molecule has 2 aromatic carbocycles. The highest BCUT2D eigenvalue weighted by molar-refractivity contribution is 6.31. The van der Waals surface area contributed by atoms with Gasteiger partial charge in [0, 0.05) is 5.02 Å². The van der Waals surface area contributed by atoms with Crippen molar-refractivity contribution in [1.82, 2.24) is 0 Å². The van der Waals surface area contributed by atoms with Gasteiger partial charge in [-0.15, -0.1) is 0 Å². The van der Waals surface area contributed by atoms with Gasteiger partial charge in [-0.1, -0.05) is 35.9 Å². The number of hydrogen-bond donors (Lipinski definition) is 1. The molecule has 5 heteroatoms. The molecule has 0 aliphatic carbocycles. The Morgan fingerprint density at radius 1 is 1.19 bits per heavy atom. The predicted molar refractivity (Wildman–Crippen MR) is 79.9 cm³/mol. The van der Waals surface area contributed by atoms with Crippen LogP contribution in [0.15, 0.2) is 42.5 Å². The van der Waals surface area contributed by atoms with Crippen LogP contribution >= 0.6 is 11.6 Å². The molecule has 0 heterocycles. The number of ether oxygens (including phenoxy) is 2. The average Bonchev–Trinajstić information content (AvgIpc) is 2.48. The molecule has 0 amide bonds. The summed E-state index contributed by atoms with van der Waals surface area (Å²) in [5.74, 6) is -0.697. The van der Waals surface area contributed by atoms with Crippen LogP contribution < -0.4 is 4.74 Å². The van der Waals surface area contributed by atoms with Gasteiger partial charge in [0.1, 0.15) is 11.3 Å². The van der Waals surface area contributed by atoms with Crippen LogP contribution in [0.1, 0.15) is 21.5 Å². The molecule has 2 aromatic rings. The average molecular weight is 307 g/mol. The molecule has 110 valence electrons. The Labute approximate surface area is 127 Å². The summed E-state index contributed by atoms with van der Waals surface area (Å²) in [5.41, 5.74) is 1.88. The van der Waals surface area contributed by atoms with E-state index in [9.17, 15) is 4.79 Å². The normalized spacial score (nSPS) is 10.4. The minimum absolute atomic E-state index is 0.132. The largest absolute Gasteiger partial charge is 0.496 e. The van der Waals surface area contributed by atoms with Crippen LogP contribution in [-0.2, 0) is 18.0 Å². The van der Waals surface area contributed by atoms with E-state index in [0.29, 0.717) is 24.0 Å². The molecular weight excluding hydrogens is 292 g/mol. The Balaban J connectivity index is 2.01. The molecular formula is C16H15ClO4. The van der Waals surface area contributed by atoms with Gasteiger partial charge >= 0.3 is 5.97 Å². The first-order valence-electron chi connectivity index (χ1n) is 6.33. The number of aromatic carboxylic acids is 1. The van der Waals surface area contributed by atoms with Gasteiger partial charge in [-0.3, -0.25) is 0 Å². The van der Waals surface area contributed by atoms with Gasteiger partial charge in [-0.25, -0.2) is 4.79 Å². The maximum Gasteiger partial charge on any atom is 0.339 e. The second kappa shape index (κ2) is 7.11. The summed E-state index contributed by atoms with van der Waals surface area (Å²) < 4.78 is 10.7. The zero-order valence-corrected chi connectivity index (χ0v) is 12.3. The number of halogens is 1. The first-order valence-corrected chi connectivity index (χ1v) is 6.71. The molecule has 0 unspecified atom stereocenters. The molecule has 0 saturated heterocycles. The van der Waals surface area contributed by atoms with Crippen LogP contribution in [0.2, 0.25) is 5.02 Å². The Bertz CT molecular complexity index is 640. The highest BCUT2D eigenvalue weighted by atomic mass is 35.5. The lowest BCUT2D eigenvalue weighted by atomic mass is 10.1. The molecule has 0 spiro atoms. The van der Waals surface area contributed by atoms with Gasteiger partial charge < -0.3 is 14.6 Å². The molecule has 0 radical (unpaired) electrons. The second-order valence-electron chi connectivity index (χ2n) is 4.42. The fourth-order valence-electron chi connectivity index (χ4n) is 1.90. The number of carboxylic acid groups (broad SMARTS) is 1. The van der Waals surface area contributed by atoms with Crippen LogP contribution in [0.3, 0.4) is 0 Å². The van der Waals surface area contributed by atoms with Crippen molar-refractivity contribution < 1.29 is 19.4 Å². The van der Waals surface area contributed by atoms with Gasteiger partial charge in [-0.05, 0) is 29.3 Å². The quantitative estimate of drug-likeness (QED) is 0.882. The van der Waals surface area contributed by atoms with E-state index in [1.807, 2.05) is 24.3 Å². The first kappa shape index (κ1) is 15.4. The Morgan fingerprint density at radius 3 is 2.62 bits per heavy atom. The molecule has 0 aromatic heterocycles. The van der Waals surface area contributed by atoms with Gasteiger partial charge in [0.2, 0.25) is 0 Å². The summed E-state index contributed by atoms with van der Waals surface area (Å²) in [4.78, 5) is 11.0. The minimum atomic E-state index is -1.02. The SMILES string of the molecule is COc1cc(COCc2ccccc2Cl)ccc1C(=O)O. The zero-order chi connectivity index (χ0) is 15.2. The van der Waals surface area contributed by atoms with Gasteiger partial charge in [0.25, 0.3) is 0 Å². The number of carbonyl (C=O) groups is 1. The number of carboxylic acids is 1. The number of benzene rings is 2. The molecule has 0 saturated carbocycles. The van der Waals surface area contributed by atoms with Crippen molar-refractivity contribution in [2.24, 2.45) is 0 Å². The van der Waals surface area contributed by atoms with Crippen LogP contribution in [0.4, 0.5) is 0 Å². The maximum atomic E-state index is 11.0. The summed E-state index contributed by atoms with van der Waals surface area (Å²) in [6.45, 7) is 0.740. The molecule has 0 bridgehead atoms. The number of methoxy groups -OCH3 is 1. The molecule has 0 aliphatic rings. The van der Waals surface area contributed by atoms with Crippen LogP contribution in [-0.4, -0.2) is 18.2 Å². The van der Waals surface area contributed by atoms with Crippen molar-refractivity contribution in [3.8, 4) is 5.75 Å². The summed E-state index contributed by atoms with van der Waals surface area (Å²) in [5, 5.41) is 9.68. The Kier molecular flexibility index (Phi) is 5.20. The third-order valence-electron chi connectivity index (χ3n) is 2.98. The van der Waals surface area contributed by atoms with Crippen molar-refractivity contribution in [2.75, 3.05) is 7.11 Å². The van der Waals surface area contributed by atoms with E-state index in [2.05, 4.69) is 0 Å². The molecule has 4 nitrogen and oxygen atoms in total. The van der Waals surface area contributed by atoms with Crippen molar-refractivity contribution in [1.29, 1.82) is 0 Å². The number of rotatable bonds is 6. The summed E-state index contributed by atoms with van der Waals surface area (Å²) in [6, 6.07) is 12.3. The van der Waals surface area contributed by atoms with Gasteiger partial charge in [-0.2, -0.15) is 0 Å². The first-order chi connectivity index (χ1) is 10.1. The fraction of sp³-hybridized carbons (Fsp3) is 0.188. The highest BCUT2D eigenvalue weighted by Gasteiger charge is 2.11. The maximum absolute atomic E-state index is 11.0. The van der Waals surface area contributed by atoms with Crippen molar-refractivity contribution in [2.45, 2.75) is 13.2 Å². The molecule has 0 aliphatic heterocycles. The smallest absolute Gasteiger partial charge is 0.339 e. The van der Waals surface area contributed by atoms with E-state index in [1.165, 1.54) is 13.2 Å². The Hall–Kier alpha value is -2.04. The van der Waals surface area contributed by atoms with Crippen LogP contribution in [0.5, 0.6) is 5.75 Å². The third-order valence-corrected chi connectivity index (χ3v) is 3.35. The van der Waals surface area contributed by atoms with Gasteiger partial charge in [0.15, 0.2) is 0 Å². The fourth-order valence-corrected chi connectivity index (χ4v) is 2.09. The summed E-state index contributed by atoms with van der Waals surface area (Å²) in [7, 11) is 1.44. The molecule has 0 fully saturated rings. The zero-order valence-electron chi connectivity index (χ0n) is 11.5. The monoisotopic (exact) mass is 306 g/mol. The molecule has 0 atom stereocenters. The van der Waals surface area contributed by atoms with Crippen molar-refractivity contribution >= 4 is 17.6 Å². The minimum Gasteiger partial charge on any atom is -0.496 e. The molecule has 1 N–H and O–H groups in total. The summed E-state index contributed by atoms with van der Waals surface area (Å²) in [6.07, 6.45) is 0. The number of hydrogen-bond acceptors (Lipinski definition) is 3. The second-order valence-corrected chi connectivity index (χ2v) is 4.83. The topological polar surface area (TPSA) is 55.8 Å². The molecule has 2 rings (SSSR count). The van der Waals surface area contributed by atoms with E-state index < -0.39 is 5.97 Å². The van der Waals surface area contributed by atoms with Crippen molar-refractivity contribution in [3.05, 3.63) is 64.2 Å². The van der Waals surface area contributed by atoms with E-state index in [0.717, 1.165) is 11.1 Å². The standard InChI is InChI=1S/C16H15ClO4/c1-20-15-8-11(6-7-13(15)16(18)19)9-21-10-12-4-2-3-5-14(12)17/h2-8H,9-10H2,1H3,(H,18,19). The highest BCUT2D eigenvalue weighted by Crippen LogP contribution is 2.21. The Morgan fingerprint density at radius 2 is 1.95 bits per heavy atom. The third kappa shape index (κ3) is 3.97.